The topological polar surface area (TPSA) is 45.2 Å². The molecule has 1 aliphatic rings. The van der Waals surface area contributed by atoms with Gasteiger partial charge in [-0.3, -0.25) is 9.69 Å². The fourth-order valence-electron chi connectivity index (χ4n) is 2.73. The van der Waals surface area contributed by atoms with Gasteiger partial charge in [-0.05, 0) is 50.6 Å². The molecule has 122 valence electrons. The minimum Gasteiger partial charge on any atom is -0.347 e. The summed E-state index contributed by atoms with van der Waals surface area (Å²) in [5.41, 5.74) is 1.65. The van der Waals surface area contributed by atoms with Crippen molar-refractivity contribution in [2.45, 2.75) is 32.9 Å². The monoisotopic (exact) mass is 333 g/mol. The van der Waals surface area contributed by atoms with Gasteiger partial charge < -0.3 is 5.32 Å². The van der Waals surface area contributed by atoms with E-state index in [9.17, 15) is 9.18 Å². The Labute approximate surface area is 139 Å². The Balaban J connectivity index is 1.60. The number of halogens is 1. The van der Waals surface area contributed by atoms with Gasteiger partial charge in [0.1, 0.15) is 15.7 Å². The predicted molar refractivity (Wildman–Crippen MR) is 88.9 cm³/mol. The van der Waals surface area contributed by atoms with E-state index in [2.05, 4.69) is 15.2 Å². The Hall–Kier alpha value is -1.79. The second kappa shape index (κ2) is 7.19. The number of aromatic nitrogens is 1. The standard InChI is InChI=1S/C17H20FN3OS/c1-12-16(23-15(20-12)11-21-8-2-3-9-21)17(22)19-10-13-4-6-14(18)7-5-13/h4-7H,2-3,8-11H2,1H3,(H,19,22). The van der Waals surface area contributed by atoms with E-state index in [1.54, 1.807) is 12.1 Å². The molecule has 0 aliphatic carbocycles. The highest BCUT2D eigenvalue weighted by Gasteiger charge is 2.18. The van der Waals surface area contributed by atoms with Crippen LogP contribution >= 0.6 is 11.3 Å². The van der Waals surface area contributed by atoms with Gasteiger partial charge in [-0.25, -0.2) is 9.37 Å². The third-order valence-electron chi connectivity index (χ3n) is 3.97. The predicted octanol–water partition coefficient (Wildman–Crippen LogP) is 3.12. The zero-order valence-corrected chi connectivity index (χ0v) is 14.0. The van der Waals surface area contributed by atoms with Crippen LogP contribution in [0.25, 0.3) is 0 Å². The Bertz CT molecular complexity index is 678. The first-order chi connectivity index (χ1) is 11.1. The van der Waals surface area contributed by atoms with Gasteiger partial charge >= 0.3 is 0 Å². The van der Waals surface area contributed by atoms with Crippen molar-refractivity contribution in [3.63, 3.8) is 0 Å². The molecule has 3 rings (SSSR count). The lowest BCUT2D eigenvalue weighted by molar-refractivity contribution is 0.0954. The largest absolute Gasteiger partial charge is 0.347 e. The highest BCUT2D eigenvalue weighted by Crippen LogP contribution is 2.21. The molecule has 1 aromatic carbocycles. The molecule has 1 saturated heterocycles. The van der Waals surface area contributed by atoms with Crippen molar-refractivity contribution in [3.8, 4) is 0 Å². The average molecular weight is 333 g/mol. The highest BCUT2D eigenvalue weighted by atomic mass is 32.1. The van der Waals surface area contributed by atoms with E-state index in [0.717, 1.165) is 35.9 Å². The number of nitrogens with zero attached hydrogens (tertiary/aromatic N) is 2. The van der Waals surface area contributed by atoms with Crippen LogP contribution in [0.5, 0.6) is 0 Å². The first-order valence-electron chi connectivity index (χ1n) is 7.83. The van der Waals surface area contributed by atoms with Gasteiger partial charge in [0.25, 0.3) is 5.91 Å². The van der Waals surface area contributed by atoms with Gasteiger partial charge in [-0.15, -0.1) is 11.3 Å². The Morgan fingerprint density at radius 2 is 2.00 bits per heavy atom. The van der Waals surface area contributed by atoms with Gasteiger partial charge in [0.2, 0.25) is 0 Å². The van der Waals surface area contributed by atoms with Gasteiger partial charge in [0, 0.05) is 6.54 Å². The maximum absolute atomic E-state index is 12.9. The van der Waals surface area contributed by atoms with Crippen molar-refractivity contribution in [2.75, 3.05) is 13.1 Å². The molecule has 1 fully saturated rings. The zero-order valence-electron chi connectivity index (χ0n) is 13.1. The summed E-state index contributed by atoms with van der Waals surface area (Å²) in [7, 11) is 0. The first-order valence-corrected chi connectivity index (χ1v) is 8.65. The third-order valence-corrected chi connectivity index (χ3v) is 5.11. The van der Waals surface area contributed by atoms with E-state index in [-0.39, 0.29) is 11.7 Å². The number of hydrogen-bond donors (Lipinski definition) is 1. The van der Waals surface area contributed by atoms with Gasteiger partial charge in [0.15, 0.2) is 0 Å². The summed E-state index contributed by atoms with van der Waals surface area (Å²) in [5, 5.41) is 3.87. The molecule has 2 heterocycles. The molecule has 0 spiro atoms. The Morgan fingerprint density at radius 3 is 2.70 bits per heavy atom. The van der Waals surface area contributed by atoms with Crippen LogP contribution in [0, 0.1) is 12.7 Å². The van der Waals surface area contributed by atoms with Crippen LogP contribution in [0.3, 0.4) is 0 Å². The molecule has 1 amide bonds. The fraction of sp³-hybridized carbons (Fsp3) is 0.412. The van der Waals surface area contributed by atoms with Crippen LogP contribution in [0.1, 0.15) is 38.8 Å². The number of carbonyl (C=O) groups excluding carboxylic acids is 1. The summed E-state index contributed by atoms with van der Waals surface area (Å²) in [6, 6.07) is 6.14. The summed E-state index contributed by atoms with van der Waals surface area (Å²) in [5.74, 6) is -0.387. The molecule has 1 aromatic heterocycles. The van der Waals surface area contributed by atoms with Crippen molar-refractivity contribution in [3.05, 3.63) is 51.2 Å². The SMILES string of the molecule is Cc1nc(CN2CCCC2)sc1C(=O)NCc1ccc(F)cc1. The van der Waals surface area contributed by atoms with E-state index in [0.29, 0.717) is 11.4 Å². The molecular formula is C17H20FN3OS. The summed E-state index contributed by atoms with van der Waals surface area (Å²) >= 11 is 1.47. The number of likely N-dealkylation sites (tertiary alicyclic amines) is 1. The third kappa shape index (κ3) is 4.14. The molecule has 1 aliphatic heterocycles. The molecule has 0 radical (unpaired) electrons. The van der Waals surface area contributed by atoms with Crippen LogP contribution < -0.4 is 5.32 Å². The molecule has 0 atom stereocenters. The van der Waals surface area contributed by atoms with Crippen molar-refractivity contribution in [1.29, 1.82) is 0 Å². The van der Waals surface area contributed by atoms with E-state index >= 15 is 0 Å². The molecule has 0 unspecified atom stereocenters. The van der Waals surface area contributed by atoms with E-state index in [1.165, 1.54) is 36.3 Å². The molecule has 2 aromatic rings. The van der Waals surface area contributed by atoms with Gasteiger partial charge in [0.05, 0.1) is 12.2 Å². The fourth-order valence-corrected chi connectivity index (χ4v) is 3.75. The van der Waals surface area contributed by atoms with Crippen LogP contribution in [-0.2, 0) is 13.1 Å². The minimum atomic E-state index is -0.273. The Morgan fingerprint density at radius 1 is 1.30 bits per heavy atom. The number of thiazole rings is 1. The van der Waals surface area contributed by atoms with Crippen molar-refractivity contribution >= 4 is 17.2 Å². The van der Waals surface area contributed by atoms with Crippen molar-refractivity contribution in [2.24, 2.45) is 0 Å². The molecule has 23 heavy (non-hydrogen) atoms. The number of amides is 1. The van der Waals surface area contributed by atoms with Crippen molar-refractivity contribution in [1.82, 2.24) is 15.2 Å². The summed E-state index contributed by atoms with van der Waals surface area (Å²) in [6.07, 6.45) is 2.49. The maximum Gasteiger partial charge on any atom is 0.263 e. The van der Waals surface area contributed by atoms with E-state index in [4.69, 9.17) is 0 Å². The highest BCUT2D eigenvalue weighted by molar-refractivity contribution is 7.13. The lowest BCUT2D eigenvalue weighted by atomic mass is 10.2. The average Bonchev–Trinajstić information content (AvgIpc) is 3.16. The van der Waals surface area contributed by atoms with Crippen LogP contribution in [-0.4, -0.2) is 28.9 Å². The van der Waals surface area contributed by atoms with Crippen LogP contribution in [0.2, 0.25) is 0 Å². The summed E-state index contributed by atoms with van der Waals surface area (Å²) < 4.78 is 12.9. The van der Waals surface area contributed by atoms with E-state index < -0.39 is 0 Å². The molecular weight excluding hydrogens is 313 g/mol. The van der Waals surface area contributed by atoms with Gasteiger partial charge in [-0.2, -0.15) is 0 Å². The Kier molecular flexibility index (Phi) is 5.03. The summed E-state index contributed by atoms with van der Waals surface area (Å²) in [4.78, 5) is 19.9. The van der Waals surface area contributed by atoms with Crippen LogP contribution in [0.15, 0.2) is 24.3 Å². The number of aryl methyl sites for hydroxylation is 1. The molecule has 0 saturated carbocycles. The smallest absolute Gasteiger partial charge is 0.263 e. The lowest BCUT2D eigenvalue weighted by Gasteiger charge is -2.11. The number of benzene rings is 1. The van der Waals surface area contributed by atoms with E-state index in [1.807, 2.05) is 6.92 Å². The molecule has 6 heteroatoms. The normalized spacial score (nSPS) is 15.0. The molecule has 0 bridgehead atoms. The maximum atomic E-state index is 12.9. The van der Waals surface area contributed by atoms with Crippen LogP contribution in [0.4, 0.5) is 4.39 Å². The second-order valence-corrected chi connectivity index (χ2v) is 6.90. The molecule has 1 N–H and O–H groups in total. The number of nitrogens with one attached hydrogen (secondary N) is 1. The lowest BCUT2D eigenvalue weighted by Crippen LogP contribution is -2.22. The number of rotatable bonds is 5. The quantitative estimate of drug-likeness (QED) is 0.914. The first kappa shape index (κ1) is 16.1. The van der Waals surface area contributed by atoms with Gasteiger partial charge in [-0.1, -0.05) is 12.1 Å². The minimum absolute atomic E-state index is 0.114. The van der Waals surface area contributed by atoms with Crippen molar-refractivity contribution < 1.29 is 9.18 Å². The number of carbonyl (C=O) groups is 1. The molecule has 4 nitrogen and oxygen atoms in total. The number of hydrogen-bond acceptors (Lipinski definition) is 4. The second-order valence-electron chi connectivity index (χ2n) is 5.81. The zero-order chi connectivity index (χ0) is 16.2. The summed E-state index contributed by atoms with van der Waals surface area (Å²) in [6.45, 7) is 5.32.